The van der Waals surface area contributed by atoms with E-state index in [0.29, 0.717) is 47.5 Å². The van der Waals surface area contributed by atoms with Gasteiger partial charge in [0.1, 0.15) is 34.7 Å². The van der Waals surface area contributed by atoms with Crippen molar-refractivity contribution in [2.75, 3.05) is 24.5 Å². The second kappa shape index (κ2) is 10.1. The number of aryl methyl sites for hydroxylation is 1. The van der Waals surface area contributed by atoms with E-state index >= 15 is 0 Å². The zero-order valence-corrected chi connectivity index (χ0v) is 22.5. The molecule has 0 aliphatic carbocycles. The number of alkyl halides is 2. The molecule has 12 heteroatoms. The Morgan fingerprint density at radius 3 is 2.50 bits per heavy atom. The number of benzene rings is 2. The van der Waals surface area contributed by atoms with E-state index in [-0.39, 0.29) is 28.8 Å². The SMILES string of the molecule is C[C@@H]1CN(c2c(C#N)c(=O)n(C)c3ccc(C#N)nc23)CCN1C(c1ccc(F)cc1)c1cccc2c1OC(F)(F)O2. The fraction of sp³-hybridized carbons (Fsp3) is 0.267. The maximum Gasteiger partial charge on any atom is 0.586 e. The van der Waals surface area contributed by atoms with E-state index in [0.717, 1.165) is 0 Å². The highest BCUT2D eigenvalue weighted by Crippen LogP contribution is 2.48. The van der Waals surface area contributed by atoms with Gasteiger partial charge in [0.25, 0.3) is 5.56 Å². The normalized spacial score (nSPS) is 18.5. The summed E-state index contributed by atoms with van der Waals surface area (Å²) in [5.41, 5.74) is 1.83. The molecule has 6 rings (SSSR count). The summed E-state index contributed by atoms with van der Waals surface area (Å²) in [6, 6.07) is 16.8. The molecule has 2 aliphatic heterocycles. The highest BCUT2D eigenvalue weighted by Gasteiger charge is 2.46. The summed E-state index contributed by atoms with van der Waals surface area (Å²) in [5, 5.41) is 19.5. The first-order valence-corrected chi connectivity index (χ1v) is 13.1. The summed E-state index contributed by atoms with van der Waals surface area (Å²) in [6.07, 6.45) is -3.82. The molecule has 0 spiro atoms. The highest BCUT2D eigenvalue weighted by atomic mass is 19.3. The first kappa shape index (κ1) is 27.1. The van der Waals surface area contributed by atoms with Crippen molar-refractivity contribution in [1.82, 2.24) is 14.5 Å². The van der Waals surface area contributed by atoms with Gasteiger partial charge in [-0.3, -0.25) is 9.69 Å². The minimum Gasteiger partial charge on any atom is -0.395 e. The highest BCUT2D eigenvalue weighted by molar-refractivity contribution is 5.92. The standard InChI is InChI=1S/C30H23F3N6O3/c1-17-16-38(27-22(15-35)29(40)37(2)23-11-10-20(14-34)36-25(23)27)12-13-39(17)26(18-6-8-19(31)9-7-18)21-4-3-5-24-28(21)42-30(32,33)41-24/h3-11,17,26H,12-13,16H2,1-2H3/t17-,26?/m1/s1. The number of nitriles is 2. The maximum atomic E-state index is 14.1. The third-order valence-electron chi connectivity index (χ3n) is 7.71. The molecule has 2 aliphatic rings. The van der Waals surface area contributed by atoms with Crippen LogP contribution in [0, 0.1) is 28.5 Å². The van der Waals surface area contributed by atoms with Crippen LogP contribution in [0.25, 0.3) is 11.0 Å². The number of pyridine rings is 2. The number of ether oxygens (including phenoxy) is 2. The maximum absolute atomic E-state index is 14.1. The molecule has 0 amide bonds. The number of rotatable bonds is 4. The predicted molar refractivity (Wildman–Crippen MR) is 146 cm³/mol. The first-order valence-electron chi connectivity index (χ1n) is 13.1. The van der Waals surface area contributed by atoms with Crippen LogP contribution in [0.2, 0.25) is 0 Å². The molecule has 1 fully saturated rings. The molecular weight excluding hydrogens is 549 g/mol. The second-order valence-electron chi connectivity index (χ2n) is 10.2. The Balaban J connectivity index is 1.43. The van der Waals surface area contributed by atoms with Crippen LogP contribution in [0.15, 0.2) is 59.4 Å². The van der Waals surface area contributed by atoms with Gasteiger partial charge in [0.15, 0.2) is 11.5 Å². The van der Waals surface area contributed by atoms with Gasteiger partial charge in [-0.15, -0.1) is 8.78 Å². The number of para-hydroxylation sites is 1. The zero-order valence-electron chi connectivity index (χ0n) is 22.5. The van der Waals surface area contributed by atoms with Crippen LogP contribution in [-0.2, 0) is 7.05 Å². The lowest BCUT2D eigenvalue weighted by atomic mass is 9.93. The van der Waals surface area contributed by atoms with Crippen molar-refractivity contribution in [3.63, 3.8) is 0 Å². The van der Waals surface area contributed by atoms with Crippen molar-refractivity contribution in [3.8, 4) is 23.6 Å². The number of nitrogens with zero attached hydrogens (tertiary/aromatic N) is 6. The van der Waals surface area contributed by atoms with Crippen LogP contribution in [0.1, 0.15) is 35.3 Å². The average molecular weight is 573 g/mol. The van der Waals surface area contributed by atoms with Crippen LogP contribution in [0.5, 0.6) is 11.5 Å². The Labute approximate surface area is 238 Å². The fourth-order valence-electron chi connectivity index (χ4n) is 5.82. The molecule has 9 nitrogen and oxygen atoms in total. The van der Waals surface area contributed by atoms with Gasteiger partial charge in [-0.1, -0.05) is 24.3 Å². The van der Waals surface area contributed by atoms with Gasteiger partial charge < -0.3 is 18.9 Å². The largest absolute Gasteiger partial charge is 0.586 e. The number of anilines is 1. The molecule has 0 bridgehead atoms. The monoisotopic (exact) mass is 572 g/mol. The molecular formula is C30H23F3N6O3. The Kier molecular flexibility index (Phi) is 6.51. The van der Waals surface area contributed by atoms with Crippen molar-refractivity contribution < 1.29 is 22.6 Å². The molecule has 4 aromatic rings. The molecule has 0 radical (unpaired) electrons. The van der Waals surface area contributed by atoms with Crippen molar-refractivity contribution in [2.45, 2.75) is 25.3 Å². The van der Waals surface area contributed by atoms with Gasteiger partial charge in [0, 0.05) is 38.3 Å². The number of aromatic nitrogens is 2. The lowest BCUT2D eigenvalue weighted by Gasteiger charge is -2.45. The Hall–Kier alpha value is -5.07. The number of piperazine rings is 1. The van der Waals surface area contributed by atoms with Gasteiger partial charge in [-0.25, -0.2) is 9.37 Å². The van der Waals surface area contributed by atoms with E-state index in [4.69, 9.17) is 9.47 Å². The van der Waals surface area contributed by atoms with Gasteiger partial charge >= 0.3 is 6.29 Å². The number of hydrogen-bond acceptors (Lipinski definition) is 8. The van der Waals surface area contributed by atoms with Crippen LogP contribution in [0.4, 0.5) is 18.9 Å². The first-order chi connectivity index (χ1) is 20.1. The Bertz CT molecular complexity index is 1860. The van der Waals surface area contributed by atoms with Crippen molar-refractivity contribution >= 4 is 16.7 Å². The lowest BCUT2D eigenvalue weighted by molar-refractivity contribution is -0.287. The fourth-order valence-corrected chi connectivity index (χ4v) is 5.82. The summed E-state index contributed by atoms with van der Waals surface area (Å²) < 4.78 is 53.1. The van der Waals surface area contributed by atoms with Gasteiger partial charge in [-0.05, 0) is 42.8 Å². The molecule has 0 saturated carbocycles. The van der Waals surface area contributed by atoms with Crippen LogP contribution < -0.4 is 19.9 Å². The summed E-state index contributed by atoms with van der Waals surface area (Å²) in [6.45, 7) is 2.96. The molecule has 2 aromatic carbocycles. The molecule has 2 atom stereocenters. The topological polar surface area (TPSA) is 107 Å². The van der Waals surface area contributed by atoms with Crippen molar-refractivity contribution in [3.05, 3.63) is 93.2 Å². The minimum absolute atomic E-state index is 0.0861. The van der Waals surface area contributed by atoms with E-state index in [2.05, 4.69) is 9.88 Å². The van der Waals surface area contributed by atoms with Gasteiger partial charge in [0.2, 0.25) is 0 Å². The molecule has 2 aromatic heterocycles. The smallest absolute Gasteiger partial charge is 0.395 e. The number of halogens is 3. The molecule has 0 N–H and O–H groups in total. The Morgan fingerprint density at radius 1 is 1.05 bits per heavy atom. The third-order valence-corrected chi connectivity index (χ3v) is 7.71. The molecule has 42 heavy (non-hydrogen) atoms. The van der Waals surface area contributed by atoms with Crippen LogP contribution >= 0.6 is 0 Å². The van der Waals surface area contributed by atoms with Gasteiger partial charge in [0.05, 0.1) is 17.2 Å². The van der Waals surface area contributed by atoms with Gasteiger partial charge in [-0.2, -0.15) is 10.5 Å². The summed E-state index contributed by atoms with van der Waals surface area (Å²) in [5.74, 6) is -0.630. The van der Waals surface area contributed by atoms with E-state index in [1.807, 2.05) is 24.0 Å². The van der Waals surface area contributed by atoms with E-state index in [1.165, 1.54) is 28.8 Å². The quantitative estimate of drug-likeness (QED) is 0.354. The summed E-state index contributed by atoms with van der Waals surface area (Å²) >= 11 is 0. The van der Waals surface area contributed by atoms with E-state index in [1.54, 1.807) is 37.4 Å². The second-order valence-corrected chi connectivity index (χ2v) is 10.2. The van der Waals surface area contributed by atoms with Crippen molar-refractivity contribution in [1.29, 1.82) is 10.5 Å². The van der Waals surface area contributed by atoms with E-state index in [9.17, 15) is 28.5 Å². The van der Waals surface area contributed by atoms with Crippen LogP contribution in [0.3, 0.4) is 0 Å². The average Bonchev–Trinajstić information content (AvgIpc) is 3.30. The zero-order chi connectivity index (χ0) is 29.8. The predicted octanol–water partition coefficient (Wildman–Crippen LogP) is 4.44. The van der Waals surface area contributed by atoms with Crippen LogP contribution in [-0.4, -0.2) is 46.4 Å². The van der Waals surface area contributed by atoms with Crippen molar-refractivity contribution in [2.24, 2.45) is 7.05 Å². The number of hydrogen-bond donors (Lipinski definition) is 0. The lowest BCUT2D eigenvalue weighted by Crippen LogP contribution is -2.53. The minimum atomic E-state index is -3.82. The number of fused-ring (bicyclic) bond motifs is 2. The molecule has 1 saturated heterocycles. The third kappa shape index (κ3) is 4.46. The summed E-state index contributed by atoms with van der Waals surface area (Å²) in [4.78, 5) is 21.6. The summed E-state index contributed by atoms with van der Waals surface area (Å²) in [7, 11) is 1.55. The molecule has 212 valence electrons. The van der Waals surface area contributed by atoms with E-state index < -0.39 is 23.7 Å². The Morgan fingerprint density at radius 2 is 1.81 bits per heavy atom. The molecule has 4 heterocycles. The molecule has 1 unspecified atom stereocenters.